The van der Waals surface area contributed by atoms with Crippen molar-refractivity contribution in [2.45, 2.75) is 43.9 Å². The maximum absolute atomic E-state index is 6.09. The standard InChI is InChI=1S/C20H32N2O2/c21-17-20(9-15-23-16-10-20)18-5-7-19(8-6-18)24-14-4-13-22-11-2-1-3-12-22/h5-8H,1-4,9-17,21H2. The Bertz CT molecular complexity index is 477. The zero-order valence-electron chi connectivity index (χ0n) is 14.8. The van der Waals surface area contributed by atoms with E-state index in [0.717, 1.165) is 51.4 Å². The van der Waals surface area contributed by atoms with Crippen molar-refractivity contribution in [3.05, 3.63) is 29.8 Å². The summed E-state index contributed by atoms with van der Waals surface area (Å²) in [6.45, 7) is 6.80. The second-order valence-electron chi connectivity index (χ2n) is 7.23. The molecule has 1 aromatic carbocycles. The lowest BCUT2D eigenvalue weighted by atomic mass is 9.74. The van der Waals surface area contributed by atoms with Crippen molar-refractivity contribution < 1.29 is 9.47 Å². The van der Waals surface area contributed by atoms with Gasteiger partial charge in [-0.05, 0) is 62.9 Å². The number of benzene rings is 1. The fourth-order valence-electron chi connectivity index (χ4n) is 3.94. The minimum absolute atomic E-state index is 0.0883. The summed E-state index contributed by atoms with van der Waals surface area (Å²) in [4.78, 5) is 2.56. The molecular weight excluding hydrogens is 300 g/mol. The molecule has 24 heavy (non-hydrogen) atoms. The van der Waals surface area contributed by atoms with Gasteiger partial charge in [0, 0.05) is 31.7 Å². The zero-order chi connectivity index (χ0) is 16.7. The molecule has 0 saturated carbocycles. The average molecular weight is 332 g/mol. The van der Waals surface area contributed by atoms with Gasteiger partial charge in [0.15, 0.2) is 0 Å². The third-order valence-electron chi connectivity index (χ3n) is 5.64. The maximum Gasteiger partial charge on any atom is 0.119 e. The van der Waals surface area contributed by atoms with Gasteiger partial charge in [-0.25, -0.2) is 0 Å². The molecule has 0 atom stereocenters. The van der Waals surface area contributed by atoms with Crippen molar-refractivity contribution >= 4 is 0 Å². The summed E-state index contributed by atoms with van der Waals surface area (Å²) in [5.41, 5.74) is 7.50. The summed E-state index contributed by atoms with van der Waals surface area (Å²) >= 11 is 0. The summed E-state index contributed by atoms with van der Waals surface area (Å²) < 4.78 is 11.4. The first-order chi connectivity index (χ1) is 11.8. The Morgan fingerprint density at radius 2 is 1.75 bits per heavy atom. The fourth-order valence-corrected chi connectivity index (χ4v) is 3.94. The molecule has 0 spiro atoms. The second kappa shape index (κ2) is 8.84. The average Bonchev–Trinajstić information content (AvgIpc) is 2.67. The van der Waals surface area contributed by atoms with Gasteiger partial charge in [0.25, 0.3) is 0 Å². The van der Waals surface area contributed by atoms with Crippen molar-refractivity contribution in [1.82, 2.24) is 4.90 Å². The minimum atomic E-state index is 0.0883. The van der Waals surface area contributed by atoms with Crippen LogP contribution in [0.5, 0.6) is 5.75 Å². The summed E-state index contributed by atoms with van der Waals surface area (Å²) in [5.74, 6) is 0.969. The van der Waals surface area contributed by atoms with Crippen LogP contribution in [0.4, 0.5) is 0 Å². The Kier molecular flexibility index (Phi) is 6.52. The van der Waals surface area contributed by atoms with E-state index < -0.39 is 0 Å². The molecule has 2 aliphatic rings. The van der Waals surface area contributed by atoms with Crippen LogP contribution in [0, 0.1) is 0 Å². The predicted molar refractivity (Wildman–Crippen MR) is 97.6 cm³/mol. The molecule has 4 nitrogen and oxygen atoms in total. The second-order valence-corrected chi connectivity index (χ2v) is 7.23. The van der Waals surface area contributed by atoms with Gasteiger partial charge < -0.3 is 20.1 Å². The third kappa shape index (κ3) is 4.50. The van der Waals surface area contributed by atoms with Crippen LogP contribution in [0.1, 0.15) is 44.1 Å². The number of rotatable bonds is 7. The Balaban J connectivity index is 1.45. The van der Waals surface area contributed by atoms with Crippen LogP contribution < -0.4 is 10.5 Å². The highest BCUT2D eigenvalue weighted by atomic mass is 16.5. The van der Waals surface area contributed by atoms with Gasteiger partial charge in [-0.15, -0.1) is 0 Å². The van der Waals surface area contributed by atoms with E-state index in [9.17, 15) is 0 Å². The van der Waals surface area contributed by atoms with E-state index in [4.69, 9.17) is 15.2 Å². The van der Waals surface area contributed by atoms with Gasteiger partial charge in [0.2, 0.25) is 0 Å². The molecule has 1 aromatic rings. The lowest BCUT2D eigenvalue weighted by molar-refractivity contribution is 0.0529. The number of hydrogen-bond donors (Lipinski definition) is 1. The van der Waals surface area contributed by atoms with Gasteiger partial charge in [-0.3, -0.25) is 0 Å². The van der Waals surface area contributed by atoms with Crippen LogP contribution in [0.2, 0.25) is 0 Å². The van der Waals surface area contributed by atoms with Crippen LogP contribution in [0.25, 0.3) is 0 Å². The highest BCUT2D eigenvalue weighted by Gasteiger charge is 2.32. The smallest absolute Gasteiger partial charge is 0.119 e. The van der Waals surface area contributed by atoms with Gasteiger partial charge in [0.05, 0.1) is 6.61 Å². The molecule has 2 saturated heterocycles. The quantitative estimate of drug-likeness (QED) is 0.780. The zero-order valence-corrected chi connectivity index (χ0v) is 14.8. The molecule has 2 aliphatic heterocycles. The van der Waals surface area contributed by atoms with Gasteiger partial charge in [-0.1, -0.05) is 18.6 Å². The number of piperidine rings is 1. The molecule has 0 bridgehead atoms. The molecule has 0 radical (unpaired) electrons. The Hall–Kier alpha value is -1.10. The number of nitrogens with zero attached hydrogens (tertiary/aromatic N) is 1. The van der Waals surface area contributed by atoms with Crippen molar-refractivity contribution in [3.8, 4) is 5.75 Å². The largest absolute Gasteiger partial charge is 0.494 e. The first-order valence-electron chi connectivity index (χ1n) is 9.56. The van der Waals surface area contributed by atoms with Gasteiger partial charge in [0.1, 0.15) is 5.75 Å². The van der Waals surface area contributed by atoms with E-state index in [1.807, 2.05) is 0 Å². The van der Waals surface area contributed by atoms with E-state index in [1.165, 1.54) is 37.9 Å². The Morgan fingerprint density at radius 3 is 2.42 bits per heavy atom. The maximum atomic E-state index is 6.09. The highest BCUT2D eigenvalue weighted by Crippen LogP contribution is 2.34. The van der Waals surface area contributed by atoms with Crippen LogP contribution in [0.15, 0.2) is 24.3 Å². The van der Waals surface area contributed by atoms with Crippen molar-refractivity contribution in [2.75, 3.05) is 46.0 Å². The first-order valence-corrected chi connectivity index (χ1v) is 9.56. The number of nitrogens with two attached hydrogens (primary N) is 1. The lowest BCUT2D eigenvalue weighted by Crippen LogP contribution is -2.40. The fraction of sp³-hybridized carbons (Fsp3) is 0.700. The number of hydrogen-bond acceptors (Lipinski definition) is 4. The summed E-state index contributed by atoms with van der Waals surface area (Å²) in [5, 5.41) is 0. The number of likely N-dealkylation sites (tertiary alicyclic amines) is 1. The minimum Gasteiger partial charge on any atom is -0.494 e. The Labute approximate surface area is 146 Å². The molecule has 2 fully saturated rings. The van der Waals surface area contributed by atoms with Crippen molar-refractivity contribution in [1.29, 1.82) is 0 Å². The molecular formula is C20H32N2O2. The molecule has 0 unspecified atom stereocenters. The molecule has 2 N–H and O–H groups in total. The molecule has 4 heteroatoms. The summed E-state index contributed by atoms with van der Waals surface area (Å²) in [7, 11) is 0. The normalized spacial score (nSPS) is 21.5. The van der Waals surface area contributed by atoms with Gasteiger partial charge in [-0.2, -0.15) is 0 Å². The Morgan fingerprint density at radius 1 is 1.04 bits per heavy atom. The summed E-state index contributed by atoms with van der Waals surface area (Å²) in [6.07, 6.45) is 7.24. The van der Waals surface area contributed by atoms with Crippen LogP contribution >= 0.6 is 0 Å². The molecule has 0 aliphatic carbocycles. The first kappa shape index (κ1) is 17.7. The predicted octanol–water partition coefficient (Wildman–Crippen LogP) is 2.95. The lowest BCUT2D eigenvalue weighted by Gasteiger charge is -2.36. The third-order valence-corrected chi connectivity index (χ3v) is 5.64. The molecule has 2 heterocycles. The molecule has 0 aromatic heterocycles. The molecule has 134 valence electrons. The van der Waals surface area contributed by atoms with E-state index in [-0.39, 0.29) is 5.41 Å². The van der Waals surface area contributed by atoms with Crippen LogP contribution in [-0.4, -0.2) is 50.9 Å². The van der Waals surface area contributed by atoms with Crippen LogP contribution in [0.3, 0.4) is 0 Å². The summed E-state index contributed by atoms with van der Waals surface area (Å²) in [6, 6.07) is 8.59. The number of ether oxygens (including phenoxy) is 2. The van der Waals surface area contributed by atoms with E-state index in [1.54, 1.807) is 0 Å². The monoisotopic (exact) mass is 332 g/mol. The van der Waals surface area contributed by atoms with E-state index in [0.29, 0.717) is 6.54 Å². The van der Waals surface area contributed by atoms with Gasteiger partial charge >= 0.3 is 0 Å². The molecule has 3 rings (SSSR count). The van der Waals surface area contributed by atoms with E-state index >= 15 is 0 Å². The van der Waals surface area contributed by atoms with Crippen LogP contribution in [-0.2, 0) is 10.2 Å². The highest BCUT2D eigenvalue weighted by molar-refractivity contribution is 5.33. The van der Waals surface area contributed by atoms with E-state index in [2.05, 4.69) is 29.2 Å². The molecule has 0 amide bonds. The SMILES string of the molecule is NCC1(c2ccc(OCCCN3CCCCC3)cc2)CCOCC1. The van der Waals surface area contributed by atoms with Crippen molar-refractivity contribution in [3.63, 3.8) is 0 Å². The van der Waals surface area contributed by atoms with Crippen molar-refractivity contribution in [2.24, 2.45) is 5.73 Å². The topological polar surface area (TPSA) is 47.7 Å².